The van der Waals surface area contributed by atoms with E-state index in [0.29, 0.717) is 6.10 Å². The van der Waals surface area contributed by atoms with Crippen molar-refractivity contribution in [1.29, 1.82) is 0 Å². The average Bonchev–Trinajstić information content (AvgIpc) is 2.41. The van der Waals surface area contributed by atoms with Crippen LogP contribution in [0.5, 0.6) is 0 Å². The standard InChI is InChI=1S/C4H8OPS2/c1-6(7)8-3-4-2-5-4/h4H,2-3H2,1H3/q+1. The van der Waals surface area contributed by atoms with Gasteiger partial charge in [0.25, 0.3) is 0 Å². The fourth-order valence-electron chi connectivity index (χ4n) is 0.352. The van der Waals surface area contributed by atoms with Crippen LogP contribution in [-0.4, -0.2) is 25.1 Å². The van der Waals surface area contributed by atoms with Crippen LogP contribution in [0.2, 0.25) is 0 Å². The van der Waals surface area contributed by atoms with E-state index in [0.717, 1.165) is 12.4 Å². The molecular weight excluding hydrogens is 159 g/mol. The molecule has 0 amide bonds. The molecule has 1 saturated heterocycles. The van der Waals surface area contributed by atoms with Crippen LogP contribution in [0.15, 0.2) is 0 Å². The number of rotatable bonds is 3. The molecular formula is C4H8OPS2+. The second-order valence-corrected chi connectivity index (χ2v) is 7.92. The summed E-state index contributed by atoms with van der Waals surface area (Å²) in [6.07, 6.45) is 0.549. The lowest BCUT2D eigenvalue weighted by molar-refractivity contribution is 0.426. The molecule has 1 aliphatic rings. The van der Waals surface area contributed by atoms with Gasteiger partial charge in [-0.1, -0.05) is 0 Å². The van der Waals surface area contributed by atoms with E-state index in [9.17, 15) is 0 Å². The minimum absolute atomic E-state index is 0.173. The summed E-state index contributed by atoms with van der Waals surface area (Å²) in [5.41, 5.74) is 0. The molecule has 1 heterocycles. The Morgan fingerprint density at radius 1 is 2.00 bits per heavy atom. The molecule has 1 rings (SSSR count). The van der Waals surface area contributed by atoms with Crippen molar-refractivity contribution >= 4 is 29.1 Å². The Morgan fingerprint density at radius 3 is 3.00 bits per heavy atom. The maximum atomic E-state index is 5.00. The zero-order valence-electron chi connectivity index (χ0n) is 4.66. The predicted octanol–water partition coefficient (Wildman–Crippen LogP) is 1.61. The Bertz CT molecular complexity index is 102. The Balaban J connectivity index is 1.95. The topological polar surface area (TPSA) is 12.5 Å². The van der Waals surface area contributed by atoms with E-state index in [1.54, 1.807) is 0 Å². The van der Waals surface area contributed by atoms with Gasteiger partial charge in [-0.25, -0.2) is 0 Å². The van der Waals surface area contributed by atoms with Crippen LogP contribution in [0, 0.1) is 0 Å². The van der Waals surface area contributed by atoms with Crippen LogP contribution in [-0.2, 0) is 16.5 Å². The van der Waals surface area contributed by atoms with Gasteiger partial charge in [-0.3, -0.25) is 0 Å². The Labute approximate surface area is 59.3 Å². The largest absolute Gasteiger partial charge is 0.372 e. The Kier molecular flexibility index (Phi) is 2.70. The summed E-state index contributed by atoms with van der Waals surface area (Å²) in [4.78, 5) is 0. The first kappa shape index (κ1) is 6.94. The van der Waals surface area contributed by atoms with Crippen molar-refractivity contribution in [2.45, 2.75) is 6.10 Å². The minimum Gasteiger partial charge on any atom is -0.372 e. The lowest BCUT2D eigenvalue weighted by atomic mass is 10.6. The van der Waals surface area contributed by atoms with Crippen molar-refractivity contribution in [2.75, 3.05) is 19.0 Å². The smallest absolute Gasteiger partial charge is 0.242 e. The highest BCUT2D eigenvalue weighted by Crippen LogP contribution is 2.36. The molecule has 1 aliphatic heterocycles. The number of hydrogen-bond acceptors (Lipinski definition) is 3. The summed E-state index contributed by atoms with van der Waals surface area (Å²) in [6, 6.07) is 0. The van der Waals surface area contributed by atoms with E-state index in [-0.39, 0.29) is 5.90 Å². The first-order valence-electron chi connectivity index (χ1n) is 2.44. The summed E-state index contributed by atoms with van der Waals surface area (Å²) < 4.78 is 5.00. The highest BCUT2D eigenvalue weighted by atomic mass is 32.9. The molecule has 0 N–H and O–H groups in total. The van der Waals surface area contributed by atoms with Gasteiger partial charge >= 0.3 is 0 Å². The maximum Gasteiger partial charge on any atom is 0.242 e. The molecule has 1 nitrogen and oxygen atoms in total. The summed E-state index contributed by atoms with van der Waals surface area (Å²) in [5, 5.41) is 0. The van der Waals surface area contributed by atoms with Crippen LogP contribution >= 0.6 is 17.3 Å². The van der Waals surface area contributed by atoms with Crippen LogP contribution in [0.25, 0.3) is 0 Å². The molecule has 0 bridgehead atoms. The molecule has 0 aliphatic carbocycles. The van der Waals surface area contributed by atoms with Gasteiger partial charge in [0.1, 0.15) is 6.66 Å². The molecule has 0 aromatic heterocycles. The fourth-order valence-corrected chi connectivity index (χ4v) is 2.60. The molecule has 0 spiro atoms. The van der Waals surface area contributed by atoms with Crippen molar-refractivity contribution in [1.82, 2.24) is 0 Å². The normalized spacial score (nSPS) is 27.6. The van der Waals surface area contributed by atoms with Gasteiger partial charge in [-0.05, 0) is 0 Å². The summed E-state index contributed by atoms with van der Waals surface area (Å²) >= 11 is 6.85. The van der Waals surface area contributed by atoms with Gasteiger partial charge in [-0.15, -0.1) is 0 Å². The zero-order chi connectivity index (χ0) is 5.98. The SMILES string of the molecule is C[P+](=S)SCC1CO1. The van der Waals surface area contributed by atoms with Gasteiger partial charge in [-0.2, -0.15) is 0 Å². The highest BCUT2D eigenvalue weighted by molar-refractivity contribution is 8.64. The molecule has 8 heavy (non-hydrogen) atoms. The van der Waals surface area contributed by atoms with Crippen LogP contribution < -0.4 is 0 Å². The first-order chi connectivity index (χ1) is 3.79. The van der Waals surface area contributed by atoms with Crippen LogP contribution in [0.1, 0.15) is 0 Å². The third-order valence-corrected chi connectivity index (χ3v) is 4.22. The quantitative estimate of drug-likeness (QED) is 0.468. The van der Waals surface area contributed by atoms with E-state index in [2.05, 4.69) is 6.66 Å². The molecule has 0 aromatic rings. The molecule has 4 heteroatoms. The van der Waals surface area contributed by atoms with Crippen molar-refractivity contribution in [3.63, 3.8) is 0 Å². The molecule has 2 atom stereocenters. The van der Waals surface area contributed by atoms with Crippen molar-refractivity contribution in [3.05, 3.63) is 0 Å². The Hall–Kier alpha value is 0.830. The summed E-state index contributed by atoms with van der Waals surface area (Å²) in [5.74, 6) is 0.944. The fraction of sp³-hybridized carbons (Fsp3) is 1.00. The van der Waals surface area contributed by atoms with Gasteiger partial charge in [0.15, 0.2) is 11.8 Å². The van der Waals surface area contributed by atoms with Crippen molar-refractivity contribution in [3.8, 4) is 0 Å². The van der Waals surface area contributed by atoms with E-state index < -0.39 is 0 Å². The van der Waals surface area contributed by atoms with Crippen LogP contribution in [0.4, 0.5) is 0 Å². The lowest BCUT2D eigenvalue weighted by Crippen LogP contribution is -1.84. The van der Waals surface area contributed by atoms with E-state index >= 15 is 0 Å². The molecule has 1 fully saturated rings. The van der Waals surface area contributed by atoms with Gasteiger partial charge < -0.3 is 4.74 Å². The van der Waals surface area contributed by atoms with Crippen molar-refractivity contribution < 1.29 is 4.74 Å². The Morgan fingerprint density at radius 2 is 2.62 bits per heavy atom. The van der Waals surface area contributed by atoms with Crippen molar-refractivity contribution in [2.24, 2.45) is 0 Å². The summed E-state index contributed by atoms with van der Waals surface area (Å²) in [7, 11) is 0. The third kappa shape index (κ3) is 2.98. The average molecular weight is 167 g/mol. The van der Waals surface area contributed by atoms with Gasteiger partial charge in [0.05, 0.1) is 29.8 Å². The number of epoxide rings is 1. The molecule has 0 aromatic carbocycles. The van der Waals surface area contributed by atoms with E-state index in [1.807, 2.05) is 11.4 Å². The molecule has 0 radical (unpaired) electrons. The van der Waals surface area contributed by atoms with Gasteiger partial charge in [0, 0.05) is 0 Å². The highest BCUT2D eigenvalue weighted by Gasteiger charge is 2.24. The van der Waals surface area contributed by atoms with Gasteiger partial charge in [0.2, 0.25) is 5.90 Å². The summed E-state index contributed by atoms with van der Waals surface area (Å²) in [6.45, 7) is 3.06. The lowest BCUT2D eigenvalue weighted by Gasteiger charge is -1.78. The third-order valence-electron chi connectivity index (χ3n) is 0.845. The number of ether oxygens (including phenoxy) is 1. The second-order valence-electron chi connectivity index (χ2n) is 1.69. The second kappa shape index (κ2) is 3.11. The number of hydrogen-bond donors (Lipinski definition) is 0. The maximum absolute atomic E-state index is 5.00. The minimum atomic E-state index is -0.173. The molecule has 2 unspecified atom stereocenters. The first-order valence-corrected chi connectivity index (χ1v) is 6.83. The van der Waals surface area contributed by atoms with E-state index in [1.165, 1.54) is 0 Å². The predicted molar refractivity (Wildman–Crippen MR) is 42.4 cm³/mol. The molecule has 0 saturated carbocycles. The molecule has 46 valence electrons. The monoisotopic (exact) mass is 167 g/mol. The van der Waals surface area contributed by atoms with E-state index in [4.69, 9.17) is 16.5 Å². The van der Waals surface area contributed by atoms with Crippen LogP contribution in [0.3, 0.4) is 0 Å². The zero-order valence-corrected chi connectivity index (χ0v) is 7.19.